The van der Waals surface area contributed by atoms with Crippen molar-refractivity contribution >= 4 is 5.91 Å². The van der Waals surface area contributed by atoms with Gasteiger partial charge in [0, 0.05) is 39.3 Å². The number of amides is 1. The van der Waals surface area contributed by atoms with E-state index in [-0.39, 0.29) is 11.9 Å². The first-order chi connectivity index (χ1) is 12.3. The molecule has 2 fully saturated rings. The Morgan fingerprint density at radius 3 is 2.72 bits per heavy atom. The third kappa shape index (κ3) is 5.80. The van der Waals surface area contributed by atoms with Crippen molar-refractivity contribution in [3.05, 3.63) is 35.9 Å². The molecule has 1 aromatic carbocycles. The number of carbonyl (C=O) groups is 1. The zero-order chi connectivity index (χ0) is 17.3. The summed E-state index contributed by atoms with van der Waals surface area (Å²) >= 11 is 0. The van der Waals surface area contributed by atoms with Gasteiger partial charge in [-0.1, -0.05) is 36.8 Å². The highest BCUT2D eigenvalue weighted by Crippen LogP contribution is 2.19. The Hall–Kier alpha value is -1.43. The predicted molar refractivity (Wildman–Crippen MR) is 101 cm³/mol. The first-order valence-electron chi connectivity index (χ1n) is 9.82. The van der Waals surface area contributed by atoms with Crippen molar-refractivity contribution in [1.82, 2.24) is 20.4 Å². The van der Waals surface area contributed by atoms with Crippen molar-refractivity contribution < 1.29 is 4.79 Å². The number of rotatable bonds is 7. The molecule has 138 valence electrons. The second-order valence-electron chi connectivity index (χ2n) is 7.20. The first-order valence-corrected chi connectivity index (χ1v) is 9.82. The summed E-state index contributed by atoms with van der Waals surface area (Å²) in [5.74, 6) is 0.218. The van der Waals surface area contributed by atoms with Crippen LogP contribution in [0.2, 0.25) is 0 Å². The minimum absolute atomic E-state index is 0.0353. The molecule has 2 N–H and O–H groups in total. The second kappa shape index (κ2) is 9.90. The number of carbonyl (C=O) groups excluding carboxylic acids is 1. The molecule has 2 heterocycles. The molecule has 25 heavy (non-hydrogen) atoms. The lowest BCUT2D eigenvalue weighted by Gasteiger charge is -2.34. The van der Waals surface area contributed by atoms with E-state index in [2.05, 4.69) is 44.7 Å². The van der Waals surface area contributed by atoms with Gasteiger partial charge in [-0.3, -0.25) is 9.69 Å². The molecule has 3 rings (SSSR count). The third-order valence-electron chi connectivity index (χ3n) is 5.30. The standard InChI is InChI=1S/C20H32N4O/c25-20(22-10-6-13-23-15-11-21-12-16-23)19-9-4-5-14-24(19)17-18-7-2-1-3-8-18/h1-3,7-8,19,21H,4-6,9-17H2,(H,22,25). The molecule has 1 amide bonds. The fraction of sp³-hybridized carbons (Fsp3) is 0.650. The summed E-state index contributed by atoms with van der Waals surface area (Å²) in [7, 11) is 0. The fourth-order valence-electron chi connectivity index (χ4n) is 3.86. The lowest BCUT2D eigenvalue weighted by atomic mass is 10.0. The first kappa shape index (κ1) is 18.4. The van der Waals surface area contributed by atoms with Crippen LogP contribution in [0.3, 0.4) is 0 Å². The van der Waals surface area contributed by atoms with Crippen LogP contribution in [-0.4, -0.2) is 67.6 Å². The largest absolute Gasteiger partial charge is 0.355 e. The van der Waals surface area contributed by atoms with Gasteiger partial charge in [-0.25, -0.2) is 0 Å². The lowest BCUT2D eigenvalue weighted by molar-refractivity contribution is -0.127. The van der Waals surface area contributed by atoms with Crippen LogP contribution in [-0.2, 0) is 11.3 Å². The Morgan fingerprint density at radius 2 is 1.92 bits per heavy atom. The number of piperazine rings is 1. The van der Waals surface area contributed by atoms with Crippen LogP contribution >= 0.6 is 0 Å². The van der Waals surface area contributed by atoms with E-state index in [0.29, 0.717) is 0 Å². The summed E-state index contributed by atoms with van der Waals surface area (Å²) < 4.78 is 0. The van der Waals surface area contributed by atoms with Gasteiger partial charge in [-0.2, -0.15) is 0 Å². The van der Waals surface area contributed by atoms with Gasteiger partial charge >= 0.3 is 0 Å². The molecule has 0 saturated carbocycles. The predicted octanol–water partition coefficient (Wildman–Crippen LogP) is 1.45. The average Bonchev–Trinajstić information content (AvgIpc) is 2.67. The Bertz CT molecular complexity index is 516. The van der Waals surface area contributed by atoms with Crippen LogP contribution in [0.1, 0.15) is 31.2 Å². The Morgan fingerprint density at radius 1 is 1.12 bits per heavy atom. The number of hydrogen-bond donors (Lipinski definition) is 2. The van der Waals surface area contributed by atoms with Gasteiger partial charge in [0.2, 0.25) is 5.91 Å². The average molecular weight is 345 g/mol. The molecule has 1 atom stereocenters. The van der Waals surface area contributed by atoms with Crippen LogP contribution in [0.4, 0.5) is 0 Å². The smallest absolute Gasteiger partial charge is 0.237 e. The summed E-state index contributed by atoms with van der Waals surface area (Å²) in [6.07, 6.45) is 4.37. The lowest BCUT2D eigenvalue weighted by Crippen LogP contribution is -2.49. The molecule has 5 nitrogen and oxygen atoms in total. The van der Waals surface area contributed by atoms with Crippen molar-refractivity contribution in [2.24, 2.45) is 0 Å². The highest BCUT2D eigenvalue weighted by Gasteiger charge is 2.28. The molecule has 0 radical (unpaired) electrons. The minimum Gasteiger partial charge on any atom is -0.355 e. The van der Waals surface area contributed by atoms with Crippen molar-refractivity contribution in [3.8, 4) is 0 Å². The van der Waals surface area contributed by atoms with Gasteiger partial charge < -0.3 is 15.5 Å². The number of benzene rings is 1. The maximum absolute atomic E-state index is 12.7. The van der Waals surface area contributed by atoms with Crippen LogP contribution in [0.15, 0.2) is 30.3 Å². The molecule has 0 aliphatic carbocycles. The summed E-state index contributed by atoms with van der Waals surface area (Å²) in [4.78, 5) is 17.5. The summed E-state index contributed by atoms with van der Waals surface area (Å²) in [6, 6.07) is 10.5. The number of hydrogen-bond acceptors (Lipinski definition) is 4. The molecule has 1 aromatic rings. The Labute approximate surface area is 151 Å². The highest BCUT2D eigenvalue weighted by molar-refractivity contribution is 5.81. The van der Waals surface area contributed by atoms with E-state index in [4.69, 9.17) is 0 Å². The fourth-order valence-corrected chi connectivity index (χ4v) is 3.86. The molecule has 0 bridgehead atoms. The van der Waals surface area contributed by atoms with Crippen molar-refractivity contribution in [2.75, 3.05) is 45.8 Å². The monoisotopic (exact) mass is 344 g/mol. The van der Waals surface area contributed by atoms with Gasteiger partial charge in [0.15, 0.2) is 0 Å². The van der Waals surface area contributed by atoms with E-state index in [1.54, 1.807) is 0 Å². The molecule has 0 spiro atoms. The molecule has 2 aliphatic rings. The van der Waals surface area contributed by atoms with E-state index >= 15 is 0 Å². The van der Waals surface area contributed by atoms with Crippen LogP contribution < -0.4 is 10.6 Å². The van der Waals surface area contributed by atoms with E-state index in [0.717, 1.165) is 71.6 Å². The molecule has 5 heteroatoms. The molecular formula is C20H32N4O. The normalized spacial score (nSPS) is 22.6. The van der Waals surface area contributed by atoms with Gasteiger partial charge in [0.1, 0.15) is 0 Å². The number of nitrogens with one attached hydrogen (secondary N) is 2. The van der Waals surface area contributed by atoms with E-state index in [9.17, 15) is 4.79 Å². The number of piperidine rings is 1. The third-order valence-corrected chi connectivity index (χ3v) is 5.30. The van der Waals surface area contributed by atoms with Crippen molar-refractivity contribution in [1.29, 1.82) is 0 Å². The summed E-state index contributed by atoms with van der Waals surface area (Å²) in [6.45, 7) is 8.20. The van der Waals surface area contributed by atoms with Crippen molar-refractivity contribution in [2.45, 2.75) is 38.3 Å². The van der Waals surface area contributed by atoms with Gasteiger partial charge in [-0.05, 0) is 37.9 Å². The highest BCUT2D eigenvalue weighted by atomic mass is 16.2. The van der Waals surface area contributed by atoms with Crippen molar-refractivity contribution in [3.63, 3.8) is 0 Å². The quantitative estimate of drug-likeness (QED) is 0.735. The van der Waals surface area contributed by atoms with Gasteiger partial charge in [0.05, 0.1) is 6.04 Å². The van der Waals surface area contributed by atoms with Gasteiger partial charge in [-0.15, -0.1) is 0 Å². The van der Waals surface area contributed by atoms with E-state index < -0.39 is 0 Å². The van der Waals surface area contributed by atoms with Crippen LogP contribution in [0.5, 0.6) is 0 Å². The zero-order valence-corrected chi connectivity index (χ0v) is 15.3. The zero-order valence-electron chi connectivity index (χ0n) is 15.3. The SMILES string of the molecule is O=C(NCCCN1CCNCC1)C1CCCCN1Cc1ccccc1. The number of likely N-dealkylation sites (tertiary alicyclic amines) is 1. The minimum atomic E-state index is 0.0353. The summed E-state index contributed by atoms with van der Waals surface area (Å²) in [5.41, 5.74) is 1.29. The molecule has 2 saturated heterocycles. The van der Waals surface area contributed by atoms with E-state index in [1.807, 2.05) is 6.07 Å². The van der Waals surface area contributed by atoms with Crippen LogP contribution in [0, 0.1) is 0 Å². The van der Waals surface area contributed by atoms with E-state index in [1.165, 1.54) is 12.0 Å². The number of nitrogens with zero attached hydrogens (tertiary/aromatic N) is 2. The second-order valence-corrected chi connectivity index (χ2v) is 7.20. The molecule has 0 aromatic heterocycles. The molecule has 1 unspecified atom stereocenters. The molecular weight excluding hydrogens is 312 g/mol. The Balaban J connectivity index is 1.42. The molecule has 2 aliphatic heterocycles. The maximum Gasteiger partial charge on any atom is 0.237 e. The topological polar surface area (TPSA) is 47.6 Å². The van der Waals surface area contributed by atoms with Crippen LogP contribution in [0.25, 0.3) is 0 Å². The summed E-state index contributed by atoms with van der Waals surface area (Å²) in [5, 5.41) is 6.56. The van der Waals surface area contributed by atoms with Gasteiger partial charge in [0.25, 0.3) is 0 Å². The maximum atomic E-state index is 12.7. The Kier molecular flexibility index (Phi) is 7.27.